The fourth-order valence-corrected chi connectivity index (χ4v) is 5.02. The van der Waals surface area contributed by atoms with E-state index in [2.05, 4.69) is 6.08 Å². The lowest BCUT2D eigenvalue weighted by atomic mass is 9.97. The second-order valence-electron chi connectivity index (χ2n) is 9.39. The first kappa shape index (κ1) is 23.1. The van der Waals surface area contributed by atoms with Crippen molar-refractivity contribution >= 4 is 39.4 Å². The van der Waals surface area contributed by atoms with E-state index in [-0.39, 0.29) is 5.56 Å². The van der Waals surface area contributed by atoms with Crippen molar-refractivity contribution in [1.29, 1.82) is 0 Å². The van der Waals surface area contributed by atoms with E-state index in [0.29, 0.717) is 34.6 Å². The van der Waals surface area contributed by atoms with Crippen LogP contribution in [0.5, 0.6) is 5.75 Å². The average molecular weight is 493 g/mol. The van der Waals surface area contributed by atoms with Crippen LogP contribution in [0.4, 0.5) is 0 Å². The first-order valence-electron chi connectivity index (χ1n) is 12.7. The third kappa shape index (κ3) is 4.28. The van der Waals surface area contributed by atoms with E-state index in [1.807, 2.05) is 55.5 Å². The standard InChI is InChI=1S/C29H28N6O2/c1-19-31-27-25(29(36)34(19)16-15-20-9-4-3-5-10-20)26-28(33-24-14-7-6-13-23(24)32-26)35(27)30-18-21-11-8-12-22(17-21)37-2/h6-9,11-14,17-18H,3-5,10,15-16H2,1-2H3/b30-18+. The molecular formula is C29H28N6O2. The van der Waals surface area contributed by atoms with Gasteiger partial charge in [0.2, 0.25) is 0 Å². The second kappa shape index (κ2) is 9.61. The number of hydrogen-bond acceptors (Lipinski definition) is 6. The molecule has 0 unspecified atom stereocenters. The summed E-state index contributed by atoms with van der Waals surface area (Å²) in [7, 11) is 1.63. The summed E-state index contributed by atoms with van der Waals surface area (Å²) in [6.07, 6.45) is 9.61. The molecule has 0 fully saturated rings. The summed E-state index contributed by atoms with van der Waals surface area (Å²) in [5, 5.41) is 5.16. The van der Waals surface area contributed by atoms with E-state index in [9.17, 15) is 4.79 Å². The maximum atomic E-state index is 13.9. The van der Waals surface area contributed by atoms with E-state index in [1.54, 1.807) is 22.6 Å². The van der Waals surface area contributed by atoms with Crippen LogP contribution < -0.4 is 10.3 Å². The minimum atomic E-state index is -0.108. The van der Waals surface area contributed by atoms with Gasteiger partial charge >= 0.3 is 0 Å². The zero-order valence-corrected chi connectivity index (χ0v) is 21.0. The molecule has 0 amide bonds. The zero-order chi connectivity index (χ0) is 25.4. The van der Waals surface area contributed by atoms with Crippen molar-refractivity contribution in [1.82, 2.24) is 24.2 Å². The summed E-state index contributed by atoms with van der Waals surface area (Å²) in [6, 6.07) is 15.3. The Kier molecular flexibility index (Phi) is 6.00. The van der Waals surface area contributed by atoms with E-state index in [4.69, 9.17) is 24.8 Å². The SMILES string of the molecule is COc1cccc(/C=N/n2c3nc4ccccc4nc3c3c(=O)n(CCC4=CCCCC4)c(C)nc32)c1. The lowest BCUT2D eigenvalue weighted by Crippen LogP contribution is -2.24. The second-order valence-corrected chi connectivity index (χ2v) is 9.39. The molecule has 3 heterocycles. The minimum absolute atomic E-state index is 0.108. The highest BCUT2D eigenvalue weighted by Crippen LogP contribution is 2.26. The zero-order valence-electron chi connectivity index (χ0n) is 21.0. The summed E-state index contributed by atoms with van der Waals surface area (Å²) in [6.45, 7) is 2.47. The Balaban J connectivity index is 1.54. The normalized spacial score (nSPS) is 14.2. The van der Waals surface area contributed by atoms with Crippen molar-refractivity contribution in [3.63, 3.8) is 0 Å². The fraction of sp³-hybridized carbons (Fsp3) is 0.276. The lowest BCUT2D eigenvalue weighted by Gasteiger charge is -2.14. The Labute approximate surface area is 214 Å². The van der Waals surface area contributed by atoms with E-state index in [0.717, 1.165) is 41.6 Å². The fourth-order valence-electron chi connectivity index (χ4n) is 5.02. The van der Waals surface area contributed by atoms with Gasteiger partial charge in [0.1, 0.15) is 22.5 Å². The Bertz CT molecular complexity index is 1760. The topological polar surface area (TPSA) is 87.2 Å². The highest BCUT2D eigenvalue weighted by Gasteiger charge is 2.21. The Hall–Kier alpha value is -4.33. The number of methoxy groups -OCH3 is 1. The van der Waals surface area contributed by atoms with Crippen molar-refractivity contribution < 1.29 is 4.74 Å². The Morgan fingerprint density at radius 1 is 1.03 bits per heavy atom. The molecule has 5 aromatic rings. The molecule has 0 saturated carbocycles. The summed E-state index contributed by atoms with van der Waals surface area (Å²) in [5.74, 6) is 1.39. The molecule has 0 atom stereocenters. The minimum Gasteiger partial charge on any atom is -0.497 e. The lowest BCUT2D eigenvalue weighted by molar-refractivity contribution is 0.415. The van der Waals surface area contributed by atoms with Crippen molar-refractivity contribution in [3.8, 4) is 5.75 Å². The number of ether oxygens (including phenoxy) is 1. The van der Waals surface area contributed by atoms with Gasteiger partial charge in [-0.3, -0.25) is 9.36 Å². The average Bonchev–Trinajstić information content (AvgIpc) is 3.23. The number of nitrogens with zero attached hydrogens (tertiary/aromatic N) is 6. The van der Waals surface area contributed by atoms with Gasteiger partial charge in [0.15, 0.2) is 11.3 Å². The maximum absolute atomic E-state index is 13.9. The van der Waals surface area contributed by atoms with Crippen LogP contribution in [-0.2, 0) is 6.54 Å². The maximum Gasteiger partial charge on any atom is 0.265 e. The smallest absolute Gasteiger partial charge is 0.265 e. The molecule has 0 spiro atoms. The van der Waals surface area contributed by atoms with Gasteiger partial charge in [-0.1, -0.05) is 35.9 Å². The number of para-hydroxylation sites is 2. The van der Waals surface area contributed by atoms with E-state index < -0.39 is 0 Å². The van der Waals surface area contributed by atoms with Gasteiger partial charge in [0, 0.05) is 6.54 Å². The summed E-state index contributed by atoms with van der Waals surface area (Å²) >= 11 is 0. The molecule has 0 N–H and O–H groups in total. The molecule has 1 aliphatic carbocycles. The van der Waals surface area contributed by atoms with Crippen molar-refractivity contribution in [3.05, 3.63) is 81.9 Å². The number of benzene rings is 2. The van der Waals surface area contributed by atoms with Gasteiger partial charge in [-0.25, -0.2) is 15.0 Å². The van der Waals surface area contributed by atoms with Crippen LogP contribution in [0.15, 0.2) is 70.1 Å². The highest BCUT2D eigenvalue weighted by molar-refractivity contribution is 6.05. The van der Waals surface area contributed by atoms with Crippen molar-refractivity contribution in [2.24, 2.45) is 5.10 Å². The van der Waals surface area contributed by atoms with Gasteiger partial charge in [-0.15, -0.1) is 0 Å². The summed E-state index contributed by atoms with van der Waals surface area (Å²) in [4.78, 5) is 28.5. The number of allylic oxidation sites excluding steroid dienone is 2. The summed E-state index contributed by atoms with van der Waals surface area (Å²) < 4.78 is 8.74. The van der Waals surface area contributed by atoms with Crippen LogP contribution in [0.2, 0.25) is 0 Å². The van der Waals surface area contributed by atoms with Gasteiger partial charge in [0.05, 0.1) is 24.4 Å². The van der Waals surface area contributed by atoms with Gasteiger partial charge in [0.25, 0.3) is 5.56 Å². The number of fused-ring (bicyclic) bond motifs is 4. The molecule has 0 aliphatic heterocycles. The molecule has 0 saturated heterocycles. The predicted molar refractivity (Wildman–Crippen MR) is 146 cm³/mol. The monoisotopic (exact) mass is 492 g/mol. The molecule has 37 heavy (non-hydrogen) atoms. The van der Waals surface area contributed by atoms with Crippen molar-refractivity contribution in [2.75, 3.05) is 7.11 Å². The van der Waals surface area contributed by atoms with Crippen LogP contribution >= 0.6 is 0 Å². The molecule has 186 valence electrons. The number of aryl methyl sites for hydroxylation is 1. The molecule has 0 bridgehead atoms. The number of aromatic nitrogens is 5. The van der Waals surface area contributed by atoms with E-state index >= 15 is 0 Å². The Morgan fingerprint density at radius 2 is 1.86 bits per heavy atom. The van der Waals surface area contributed by atoms with Gasteiger partial charge < -0.3 is 4.74 Å². The van der Waals surface area contributed by atoms with E-state index in [1.165, 1.54) is 18.4 Å². The third-order valence-electron chi connectivity index (χ3n) is 6.99. The number of hydrogen-bond donors (Lipinski definition) is 0. The molecule has 3 aromatic heterocycles. The highest BCUT2D eigenvalue weighted by atomic mass is 16.5. The quantitative estimate of drug-likeness (QED) is 0.234. The van der Waals surface area contributed by atoms with Crippen LogP contribution in [-0.4, -0.2) is 37.5 Å². The molecule has 8 heteroatoms. The molecule has 2 aromatic carbocycles. The number of rotatable bonds is 6. The first-order valence-corrected chi connectivity index (χ1v) is 12.7. The molecule has 8 nitrogen and oxygen atoms in total. The van der Waals surface area contributed by atoms with Crippen LogP contribution in [0.3, 0.4) is 0 Å². The van der Waals surface area contributed by atoms with Gasteiger partial charge in [-0.2, -0.15) is 9.78 Å². The molecule has 6 rings (SSSR count). The first-order chi connectivity index (χ1) is 18.1. The van der Waals surface area contributed by atoms with Crippen LogP contribution in [0.1, 0.15) is 43.5 Å². The third-order valence-corrected chi connectivity index (χ3v) is 6.99. The predicted octanol–water partition coefficient (Wildman–Crippen LogP) is 5.38. The summed E-state index contributed by atoms with van der Waals surface area (Å²) in [5.41, 5.74) is 5.11. The van der Waals surface area contributed by atoms with Gasteiger partial charge in [-0.05, 0) is 68.9 Å². The largest absolute Gasteiger partial charge is 0.497 e. The van der Waals surface area contributed by atoms with Crippen LogP contribution in [0.25, 0.3) is 33.2 Å². The Morgan fingerprint density at radius 3 is 2.65 bits per heavy atom. The molecule has 1 aliphatic rings. The van der Waals surface area contributed by atoms with Crippen LogP contribution in [0, 0.1) is 6.92 Å². The molecule has 0 radical (unpaired) electrons. The van der Waals surface area contributed by atoms with Crippen molar-refractivity contribution in [2.45, 2.75) is 45.6 Å². The molecular weight excluding hydrogens is 464 g/mol.